The second kappa shape index (κ2) is 11.6. The van der Waals surface area contributed by atoms with Crippen LogP contribution in [-0.2, 0) is 24.2 Å². The second-order valence-corrected chi connectivity index (χ2v) is 7.29. The van der Waals surface area contributed by atoms with Gasteiger partial charge in [-0.05, 0) is 36.6 Å². The molecule has 0 spiro atoms. The smallest absolute Gasteiger partial charge is 0.490 e. The summed E-state index contributed by atoms with van der Waals surface area (Å²) >= 11 is 6.16. The maximum absolute atomic E-state index is 10.6. The van der Waals surface area contributed by atoms with Crippen molar-refractivity contribution in [2.45, 2.75) is 38.9 Å². The first kappa shape index (κ1) is 25.3. The highest BCUT2D eigenvalue weighted by Crippen LogP contribution is 2.27. The van der Waals surface area contributed by atoms with Crippen molar-refractivity contribution in [1.29, 1.82) is 0 Å². The number of halogens is 4. The summed E-state index contributed by atoms with van der Waals surface area (Å²) < 4.78 is 39.5. The third kappa shape index (κ3) is 7.02. The van der Waals surface area contributed by atoms with Gasteiger partial charge in [0.05, 0.1) is 19.1 Å². The van der Waals surface area contributed by atoms with Crippen LogP contribution in [0.1, 0.15) is 24.6 Å². The second-order valence-electron chi connectivity index (χ2n) is 6.86. The average Bonchev–Trinajstić information content (AvgIpc) is 3.15. The summed E-state index contributed by atoms with van der Waals surface area (Å²) in [5.41, 5.74) is 4.58. The van der Waals surface area contributed by atoms with E-state index in [9.17, 15) is 13.2 Å². The van der Waals surface area contributed by atoms with Gasteiger partial charge in [0.25, 0.3) is 0 Å². The number of aliphatic carboxylic acids is 1. The van der Waals surface area contributed by atoms with E-state index in [4.69, 9.17) is 26.2 Å². The molecule has 0 amide bonds. The summed E-state index contributed by atoms with van der Waals surface area (Å²) in [7, 11) is 1.72. The molecule has 1 N–H and O–H groups in total. The number of hydrogen-bond acceptors (Lipinski definition) is 3. The third-order valence-corrected chi connectivity index (χ3v) is 4.82. The van der Waals surface area contributed by atoms with Crippen LogP contribution in [-0.4, -0.2) is 33.9 Å². The molecule has 172 valence electrons. The van der Waals surface area contributed by atoms with Gasteiger partial charge < -0.3 is 14.4 Å². The molecule has 3 rings (SSSR count). The van der Waals surface area contributed by atoms with E-state index in [1.54, 1.807) is 7.11 Å². The number of aromatic nitrogens is 2. The fourth-order valence-corrected chi connectivity index (χ4v) is 3.32. The number of carboxylic acids is 1. The fourth-order valence-electron chi connectivity index (χ4n) is 3.13. The molecule has 0 bridgehead atoms. The summed E-state index contributed by atoms with van der Waals surface area (Å²) in [6, 6.07) is 16.1. The molecular weight excluding hydrogens is 445 g/mol. The number of rotatable bonds is 7. The van der Waals surface area contributed by atoms with Crippen LogP contribution in [0.25, 0.3) is 11.3 Å². The first-order valence-electron chi connectivity index (χ1n) is 9.89. The Bertz CT molecular complexity index is 1040. The molecule has 0 fully saturated rings. The van der Waals surface area contributed by atoms with Crippen LogP contribution in [0.2, 0.25) is 5.02 Å². The molecule has 1 aromatic heterocycles. The number of carboxylic acid groups (broad SMARTS) is 1. The minimum absolute atomic E-state index is 0.739. The van der Waals surface area contributed by atoms with E-state index in [-0.39, 0.29) is 0 Å². The Balaban J connectivity index is 0.000000451. The van der Waals surface area contributed by atoms with Gasteiger partial charge >= 0.3 is 12.1 Å². The minimum Gasteiger partial charge on any atom is -0.496 e. The molecule has 1 heterocycles. The summed E-state index contributed by atoms with van der Waals surface area (Å²) in [4.78, 5) is 13.6. The van der Waals surface area contributed by atoms with Crippen LogP contribution in [0, 0.1) is 0 Å². The molecule has 3 aromatic rings. The summed E-state index contributed by atoms with van der Waals surface area (Å²) in [5.74, 6) is -1.82. The number of carbonyl (C=O) groups is 1. The van der Waals surface area contributed by atoms with Crippen LogP contribution in [0.15, 0.2) is 54.9 Å². The van der Waals surface area contributed by atoms with E-state index in [0.29, 0.717) is 0 Å². The lowest BCUT2D eigenvalue weighted by Crippen LogP contribution is -2.21. The first-order chi connectivity index (χ1) is 15.2. The monoisotopic (exact) mass is 468 g/mol. The van der Waals surface area contributed by atoms with Crippen LogP contribution in [0.5, 0.6) is 5.75 Å². The Hall–Kier alpha value is -3.00. The quantitative estimate of drug-likeness (QED) is 0.459. The van der Waals surface area contributed by atoms with Crippen molar-refractivity contribution in [2.24, 2.45) is 0 Å². The zero-order valence-electron chi connectivity index (χ0n) is 17.7. The molecule has 0 atom stereocenters. The molecule has 0 saturated heterocycles. The summed E-state index contributed by atoms with van der Waals surface area (Å²) in [6.07, 6.45) is -0.162. The predicted octanol–water partition coefficient (Wildman–Crippen LogP) is 6.04. The van der Waals surface area contributed by atoms with Crippen molar-refractivity contribution in [1.82, 2.24) is 9.55 Å². The molecule has 32 heavy (non-hydrogen) atoms. The van der Waals surface area contributed by atoms with Gasteiger partial charge in [0.1, 0.15) is 5.75 Å². The van der Waals surface area contributed by atoms with Crippen LogP contribution >= 0.6 is 11.6 Å². The standard InChI is InChI=1S/C21H23ClN2O.C2HF3O2/c1-3-7-19-21(17-9-6-10-18(22)14-17)23-15-24(19)13-12-16-8-4-5-11-20(16)25-2;3-2(4,5)1(6)7/h4-6,8-11,14-15H,3,7,12-13H2,1-2H3;(H,6,7). The van der Waals surface area contributed by atoms with Crippen molar-refractivity contribution in [3.63, 3.8) is 0 Å². The van der Waals surface area contributed by atoms with Crippen molar-refractivity contribution in [3.05, 3.63) is 71.1 Å². The zero-order valence-corrected chi connectivity index (χ0v) is 18.5. The number of ether oxygens (including phenoxy) is 1. The van der Waals surface area contributed by atoms with Gasteiger partial charge in [0.2, 0.25) is 0 Å². The lowest BCUT2D eigenvalue weighted by molar-refractivity contribution is -0.192. The lowest BCUT2D eigenvalue weighted by atomic mass is 10.1. The molecule has 0 aliphatic rings. The van der Waals surface area contributed by atoms with Gasteiger partial charge in [-0.1, -0.05) is 55.3 Å². The van der Waals surface area contributed by atoms with Gasteiger partial charge in [0, 0.05) is 22.8 Å². The minimum atomic E-state index is -5.08. The Morgan fingerprint density at radius 2 is 1.84 bits per heavy atom. The van der Waals surface area contributed by atoms with Gasteiger partial charge in [-0.15, -0.1) is 0 Å². The number of aryl methyl sites for hydroxylation is 2. The number of imidazole rings is 1. The molecule has 0 aliphatic carbocycles. The van der Waals surface area contributed by atoms with E-state index in [2.05, 4.69) is 34.7 Å². The molecule has 0 aliphatic heterocycles. The van der Waals surface area contributed by atoms with E-state index in [1.807, 2.05) is 36.7 Å². The van der Waals surface area contributed by atoms with Gasteiger partial charge in [-0.25, -0.2) is 9.78 Å². The molecule has 0 saturated carbocycles. The number of para-hydroxylation sites is 1. The first-order valence-corrected chi connectivity index (χ1v) is 10.3. The van der Waals surface area contributed by atoms with Gasteiger partial charge in [-0.2, -0.15) is 13.2 Å². The summed E-state index contributed by atoms with van der Waals surface area (Å²) in [5, 5.41) is 7.86. The van der Waals surface area contributed by atoms with Crippen LogP contribution in [0.4, 0.5) is 13.2 Å². The topological polar surface area (TPSA) is 64.4 Å². The molecule has 5 nitrogen and oxygen atoms in total. The zero-order chi connectivity index (χ0) is 23.7. The van der Waals surface area contributed by atoms with Crippen LogP contribution < -0.4 is 4.74 Å². The highest BCUT2D eigenvalue weighted by molar-refractivity contribution is 6.30. The SMILES string of the molecule is CCCc1c(-c2cccc(Cl)c2)ncn1CCc1ccccc1OC.O=C(O)C(F)(F)F. The predicted molar refractivity (Wildman–Crippen MR) is 117 cm³/mol. The molecule has 9 heteroatoms. The van der Waals surface area contributed by atoms with Gasteiger partial charge in [0.15, 0.2) is 0 Å². The Kier molecular flexibility index (Phi) is 9.13. The third-order valence-electron chi connectivity index (χ3n) is 4.59. The number of hydrogen-bond donors (Lipinski definition) is 1. The van der Waals surface area contributed by atoms with Crippen molar-refractivity contribution in [3.8, 4) is 17.0 Å². The highest BCUT2D eigenvalue weighted by Gasteiger charge is 2.38. The number of benzene rings is 2. The van der Waals surface area contributed by atoms with Gasteiger partial charge in [-0.3, -0.25) is 0 Å². The number of methoxy groups -OCH3 is 1. The van der Waals surface area contributed by atoms with Crippen molar-refractivity contribution < 1.29 is 27.8 Å². The Morgan fingerprint density at radius 1 is 1.16 bits per heavy atom. The van der Waals surface area contributed by atoms with E-state index in [0.717, 1.165) is 47.8 Å². The highest BCUT2D eigenvalue weighted by atomic mass is 35.5. The Labute approximate surface area is 189 Å². The maximum Gasteiger partial charge on any atom is 0.490 e. The van der Waals surface area contributed by atoms with E-state index < -0.39 is 12.1 Å². The maximum atomic E-state index is 10.6. The largest absolute Gasteiger partial charge is 0.496 e. The number of nitrogens with zero attached hydrogens (tertiary/aromatic N) is 2. The molecule has 0 unspecified atom stereocenters. The normalized spacial score (nSPS) is 10.9. The summed E-state index contributed by atoms with van der Waals surface area (Å²) in [6.45, 7) is 3.07. The average molecular weight is 469 g/mol. The van der Waals surface area contributed by atoms with E-state index >= 15 is 0 Å². The van der Waals surface area contributed by atoms with Crippen molar-refractivity contribution >= 4 is 17.6 Å². The lowest BCUT2D eigenvalue weighted by Gasteiger charge is -2.12. The molecular formula is C23H24ClF3N2O3. The molecule has 2 aromatic carbocycles. The van der Waals surface area contributed by atoms with Crippen LogP contribution in [0.3, 0.4) is 0 Å². The van der Waals surface area contributed by atoms with E-state index in [1.165, 1.54) is 11.3 Å². The number of alkyl halides is 3. The fraction of sp³-hybridized carbons (Fsp3) is 0.304. The van der Waals surface area contributed by atoms with Crippen molar-refractivity contribution in [2.75, 3.05) is 7.11 Å². The Morgan fingerprint density at radius 3 is 2.44 bits per heavy atom. The molecule has 0 radical (unpaired) electrons.